The number of rotatable bonds is 2. The number of hydrogen-bond acceptors (Lipinski definition) is 4. The smallest absolute Gasteiger partial charge is 0.231 e. The zero-order valence-electron chi connectivity index (χ0n) is 9.52. The van der Waals surface area contributed by atoms with E-state index in [-0.39, 0.29) is 5.92 Å². The summed E-state index contributed by atoms with van der Waals surface area (Å²) >= 11 is 0. The van der Waals surface area contributed by atoms with Crippen molar-refractivity contribution in [1.29, 1.82) is 0 Å². The first-order valence-corrected chi connectivity index (χ1v) is 5.89. The van der Waals surface area contributed by atoms with E-state index in [0.29, 0.717) is 6.79 Å². The summed E-state index contributed by atoms with van der Waals surface area (Å²) in [5.74, 6) is 1.62. The molecule has 0 amide bonds. The van der Waals surface area contributed by atoms with Gasteiger partial charge in [0.05, 0.1) is 0 Å². The third-order valence-electron chi connectivity index (χ3n) is 3.31. The Kier molecular flexibility index (Phi) is 2.63. The molecule has 0 saturated carbocycles. The predicted molar refractivity (Wildman–Crippen MR) is 63.2 cm³/mol. The summed E-state index contributed by atoms with van der Waals surface area (Å²) in [6.07, 6.45) is 4.09. The topological polar surface area (TPSA) is 38.8 Å². The molecule has 0 aliphatic carbocycles. The number of fused-ring (bicyclic) bond motifs is 1. The lowest BCUT2D eigenvalue weighted by molar-refractivity contribution is 0.174. The molecule has 2 heterocycles. The predicted octanol–water partition coefficient (Wildman–Crippen LogP) is 1.74. The Morgan fingerprint density at radius 1 is 1.29 bits per heavy atom. The van der Waals surface area contributed by atoms with Crippen molar-refractivity contribution in [3.63, 3.8) is 0 Å². The number of benzene rings is 1. The molecule has 1 atom stereocenters. The molecule has 1 aromatic rings. The highest BCUT2D eigenvalue weighted by Gasteiger charge is 2.22. The largest absolute Gasteiger partial charge is 0.454 e. The molecule has 4 nitrogen and oxygen atoms in total. The monoisotopic (exact) mass is 232 g/mol. The molecule has 3 rings (SSSR count). The molecule has 0 N–H and O–H groups in total. The van der Waals surface area contributed by atoms with Crippen LogP contribution < -0.4 is 14.4 Å². The number of ether oxygens (including phenoxy) is 2. The molecule has 1 saturated heterocycles. The van der Waals surface area contributed by atoms with Gasteiger partial charge in [0, 0.05) is 30.8 Å². The first kappa shape index (κ1) is 10.4. The molecule has 1 radical (unpaired) electrons. The summed E-state index contributed by atoms with van der Waals surface area (Å²) < 4.78 is 10.6. The Balaban J connectivity index is 1.81. The van der Waals surface area contributed by atoms with Crippen LogP contribution in [0, 0.1) is 5.92 Å². The Morgan fingerprint density at radius 2 is 2.18 bits per heavy atom. The van der Waals surface area contributed by atoms with Crippen LogP contribution in [0.15, 0.2) is 18.2 Å². The van der Waals surface area contributed by atoms with Crippen molar-refractivity contribution in [2.75, 3.05) is 24.8 Å². The molecule has 1 unspecified atom stereocenters. The molecular formula is C13H14NO3. The van der Waals surface area contributed by atoms with E-state index < -0.39 is 0 Å². The summed E-state index contributed by atoms with van der Waals surface area (Å²) in [7, 11) is 0. The van der Waals surface area contributed by atoms with Gasteiger partial charge in [-0.1, -0.05) is 0 Å². The van der Waals surface area contributed by atoms with Crippen LogP contribution in [0.2, 0.25) is 0 Å². The van der Waals surface area contributed by atoms with Crippen LogP contribution in [-0.4, -0.2) is 26.2 Å². The van der Waals surface area contributed by atoms with Crippen LogP contribution >= 0.6 is 0 Å². The molecule has 89 valence electrons. The highest BCUT2D eigenvalue weighted by Crippen LogP contribution is 2.36. The minimum Gasteiger partial charge on any atom is -0.454 e. The van der Waals surface area contributed by atoms with Crippen molar-refractivity contribution in [3.8, 4) is 11.5 Å². The van der Waals surface area contributed by atoms with Gasteiger partial charge < -0.3 is 14.4 Å². The Labute approximate surface area is 100 Å². The second-order valence-electron chi connectivity index (χ2n) is 4.44. The van der Waals surface area contributed by atoms with Crippen molar-refractivity contribution in [2.24, 2.45) is 5.92 Å². The van der Waals surface area contributed by atoms with Gasteiger partial charge >= 0.3 is 0 Å². The summed E-state index contributed by atoms with van der Waals surface area (Å²) in [6, 6.07) is 5.92. The van der Waals surface area contributed by atoms with E-state index in [1.807, 2.05) is 18.2 Å². The zero-order valence-corrected chi connectivity index (χ0v) is 9.52. The fraction of sp³-hybridized carbons (Fsp3) is 0.462. The molecule has 2 aliphatic rings. The van der Waals surface area contributed by atoms with Crippen LogP contribution in [0.3, 0.4) is 0 Å². The normalized spacial score (nSPS) is 22.6. The Bertz CT molecular complexity index is 433. The van der Waals surface area contributed by atoms with Crippen molar-refractivity contribution in [2.45, 2.75) is 12.8 Å². The Morgan fingerprint density at radius 3 is 3.06 bits per heavy atom. The summed E-state index contributed by atoms with van der Waals surface area (Å²) in [4.78, 5) is 12.9. The molecule has 17 heavy (non-hydrogen) atoms. The van der Waals surface area contributed by atoms with Crippen molar-refractivity contribution in [3.05, 3.63) is 18.2 Å². The molecule has 1 fully saturated rings. The van der Waals surface area contributed by atoms with Gasteiger partial charge in [-0.2, -0.15) is 0 Å². The lowest BCUT2D eigenvalue weighted by Gasteiger charge is -2.31. The van der Waals surface area contributed by atoms with E-state index in [1.54, 1.807) is 0 Å². The molecule has 0 bridgehead atoms. The van der Waals surface area contributed by atoms with Crippen LogP contribution in [-0.2, 0) is 4.79 Å². The van der Waals surface area contributed by atoms with Gasteiger partial charge in [-0.3, -0.25) is 4.79 Å². The molecule has 4 heteroatoms. The van der Waals surface area contributed by atoms with E-state index in [2.05, 4.69) is 11.2 Å². The Hall–Kier alpha value is -1.71. The van der Waals surface area contributed by atoms with E-state index in [0.717, 1.165) is 43.1 Å². The highest BCUT2D eigenvalue weighted by atomic mass is 16.7. The number of anilines is 1. The third kappa shape index (κ3) is 1.95. The number of piperidine rings is 1. The van der Waals surface area contributed by atoms with Crippen LogP contribution in [0.25, 0.3) is 0 Å². The van der Waals surface area contributed by atoms with Crippen molar-refractivity contribution in [1.82, 2.24) is 0 Å². The lowest BCUT2D eigenvalue weighted by Crippen LogP contribution is -2.35. The van der Waals surface area contributed by atoms with Gasteiger partial charge in [0.15, 0.2) is 11.5 Å². The van der Waals surface area contributed by atoms with Crippen molar-refractivity contribution >= 4 is 12.0 Å². The highest BCUT2D eigenvalue weighted by molar-refractivity contribution is 5.60. The van der Waals surface area contributed by atoms with Gasteiger partial charge in [0.2, 0.25) is 13.1 Å². The van der Waals surface area contributed by atoms with Gasteiger partial charge in [-0.05, 0) is 25.0 Å². The first-order valence-electron chi connectivity index (χ1n) is 5.89. The minimum atomic E-state index is 0.0363. The second kappa shape index (κ2) is 4.28. The third-order valence-corrected chi connectivity index (χ3v) is 3.31. The molecule has 2 aliphatic heterocycles. The zero-order chi connectivity index (χ0) is 11.7. The summed E-state index contributed by atoms with van der Waals surface area (Å²) in [5, 5.41) is 0. The van der Waals surface area contributed by atoms with Gasteiger partial charge in [-0.25, -0.2) is 0 Å². The lowest BCUT2D eigenvalue weighted by atomic mass is 9.99. The van der Waals surface area contributed by atoms with E-state index in [4.69, 9.17) is 9.47 Å². The van der Waals surface area contributed by atoms with Gasteiger partial charge in [0.1, 0.15) is 0 Å². The second-order valence-corrected chi connectivity index (χ2v) is 4.44. The maximum Gasteiger partial charge on any atom is 0.231 e. The number of nitrogens with zero attached hydrogens (tertiary/aromatic N) is 1. The van der Waals surface area contributed by atoms with E-state index in [9.17, 15) is 4.79 Å². The average molecular weight is 232 g/mol. The summed E-state index contributed by atoms with van der Waals surface area (Å²) in [5.41, 5.74) is 1.09. The molecule has 0 aromatic heterocycles. The van der Waals surface area contributed by atoms with E-state index >= 15 is 0 Å². The van der Waals surface area contributed by atoms with Gasteiger partial charge in [-0.15, -0.1) is 0 Å². The number of carbonyl (C=O) groups excluding carboxylic acids is 1. The molecular weight excluding hydrogens is 218 g/mol. The van der Waals surface area contributed by atoms with Gasteiger partial charge in [0.25, 0.3) is 0 Å². The summed E-state index contributed by atoms with van der Waals surface area (Å²) in [6.45, 7) is 2.03. The quantitative estimate of drug-likeness (QED) is 0.778. The molecule has 1 aromatic carbocycles. The maximum absolute atomic E-state index is 10.7. The van der Waals surface area contributed by atoms with Crippen LogP contribution in [0.1, 0.15) is 12.8 Å². The average Bonchev–Trinajstić information content (AvgIpc) is 2.86. The minimum absolute atomic E-state index is 0.0363. The van der Waals surface area contributed by atoms with Crippen LogP contribution in [0.4, 0.5) is 5.69 Å². The number of hydrogen-bond donors (Lipinski definition) is 0. The fourth-order valence-corrected chi connectivity index (χ4v) is 2.39. The maximum atomic E-state index is 10.7. The van der Waals surface area contributed by atoms with Crippen molar-refractivity contribution < 1.29 is 14.3 Å². The fourth-order valence-electron chi connectivity index (χ4n) is 2.39. The van der Waals surface area contributed by atoms with E-state index in [1.165, 1.54) is 0 Å². The standard InChI is InChI=1S/C13H14NO3/c15-8-10-2-1-5-14(7-10)11-3-4-12-13(6-11)17-9-16-12/h3-4,6,10H,1-2,5,7,9H2. The molecule has 0 spiro atoms. The van der Waals surface area contributed by atoms with Crippen LogP contribution in [0.5, 0.6) is 11.5 Å². The first-order chi connectivity index (χ1) is 8.36. The SMILES string of the molecule is O=[C]C1CCCN(c2ccc3c(c2)OCO3)C1.